The number of hydrogen-bond acceptors (Lipinski definition) is 5. The van der Waals surface area contributed by atoms with Crippen LogP contribution in [0.15, 0.2) is 24.3 Å². The molecule has 0 aromatic rings. The molecule has 0 aliphatic rings. The van der Waals surface area contributed by atoms with Crippen molar-refractivity contribution in [3.05, 3.63) is 24.3 Å². The van der Waals surface area contributed by atoms with Crippen molar-refractivity contribution in [2.24, 2.45) is 0 Å². The number of aliphatic hydroxyl groups is 2. The average molecular weight is 1040 g/mol. The summed E-state index contributed by atoms with van der Waals surface area (Å²) in [6.07, 6.45) is 79.8. The number of carbonyl (C=O) groups excluding carboxylic acids is 2. The third kappa shape index (κ3) is 59.6. The first-order chi connectivity index (χ1) is 36.5. The molecule has 0 aliphatic heterocycles. The van der Waals surface area contributed by atoms with E-state index in [4.69, 9.17) is 4.74 Å². The molecule has 0 radical (unpaired) electrons. The zero-order chi connectivity index (χ0) is 53.6. The summed E-state index contributed by atoms with van der Waals surface area (Å²) in [7, 11) is 0. The number of carbonyl (C=O) groups is 2. The quantitative estimate of drug-likeness (QED) is 0.0320. The number of nitrogens with one attached hydrogen (secondary N) is 1. The molecule has 6 heteroatoms. The Morgan fingerprint density at radius 1 is 0.365 bits per heavy atom. The Morgan fingerprint density at radius 2 is 0.635 bits per heavy atom. The Morgan fingerprint density at radius 3 is 0.959 bits per heavy atom. The predicted molar refractivity (Wildman–Crippen MR) is 324 cm³/mol. The van der Waals surface area contributed by atoms with Crippen LogP contribution in [0.3, 0.4) is 0 Å². The van der Waals surface area contributed by atoms with Crippen molar-refractivity contribution in [1.29, 1.82) is 0 Å². The van der Waals surface area contributed by atoms with Crippen LogP contribution >= 0.6 is 0 Å². The summed E-state index contributed by atoms with van der Waals surface area (Å²) >= 11 is 0. The van der Waals surface area contributed by atoms with E-state index in [1.165, 1.54) is 308 Å². The third-order valence-corrected chi connectivity index (χ3v) is 15.7. The lowest BCUT2D eigenvalue weighted by Gasteiger charge is -2.20. The minimum atomic E-state index is -0.840. The fraction of sp³-hybridized carbons (Fsp3) is 0.912. The Kier molecular flexibility index (Phi) is 62.4. The van der Waals surface area contributed by atoms with Crippen molar-refractivity contribution in [3.63, 3.8) is 0 Å². The highest BCUT2D eigenvalue weighted by Gasteiger charge is 2.18. The van der Waals surface area contributed by atoms with Gasteiger partial charge in [-0.1, -0.05) is 327 Å². The molecule has 0 bridgehead atoms. The number of ether oxygens (including phenoxy) is 1. The molecule has 2 unspecified atom stereocenters. The SMILES string of the molecule is CCCCCCCCCCC/C=C/C(O)C(CO)NC(=O)CCCCCCCCCCCCCCCCCCC/C=C\CCCCCCCCCCCCCCCCOC(=O)CCCCCCCCCCCCC. The van der Waals surface area contributed by atoms with Crippen molar-refractivity contribution < 1.29 is 24.5 Å². The van der Waals surface area contributed by atoms with Crippen molar-refractivity contribution in [2.45, 2.75) is 386 Å². The van der Waals surface area contributed by atoms with Crippen molar-refractivity contribution in [2.75, 3.05) is 13.2 Å². The van der Waals surface area contributed by atoms with E-state index in [-0.39, 0.29) is 18.5 Å². The first-order valence-corrected chi connectivity index (χ1v) is 33.6. The van der Waals surface area contributed by atoms with Crippen LogP contribution in [0.4, 0.5) is 0 Å². The molecule has 0 saturated heterocycles. The maximum Gasteiger partial charge on any atom is 0.305 e. The molecular weight excluding hydrogens is 911 g/mol. The van der Waals surface area contributed by atoms with Crippen LogP contribution in [0, 0.1) is 0 Å². The van der Waals surface area contributed by atoms with Crippen LogP contribution in [-0.2, 0) is 14.3 Å². The normalized spacial score (nSPS) is 12.6. The lowest BCUT2D eigenvalue weighted by Crippen LogP contribution is -2.45. The number of allylic oxidation sites excluding steroid dienone is 3. The summed E-state index contributed by atoms with van der Waals surface area (Å²) in [4.78, 5) is 24.4. The molecule has 6 nitrogen and oxygen atoms in total. The highest BCUT2D eigenvalue weighted by molar-refractivity contribution is 5.76. The molecule has 0 aromatic carbocycles. The maximum absolute atomic E-state index is 12.4. The zero-order valence-electron chi connectivity index (χ0n) is 50.1. The van der Waals surface area contributed by atoms with Gasteiger partial charge in [-0.25, -0.2) is 0 Å². The zero-order valence-corrected chi connectivity index (χ0v) is 50.1. The van der Waals surface area contributed by atoms with Crippen LogP contribution in [-0.4, -0.2) is 47.4 Å². The second kappa shape index (κ2) is 63.9. The number of rotatable bonds is 63. The standard InChI is InChI=1S/C68H131NO5/c1-3-5-7-9-11-13-40-44-48-52-56-60-66(71)65(64-70)69-67(72)61-57-53-49-45-42-38-36-34-32-30-28-26-24-22-20-18-16-15-17-19-21-23-25-27-29-31-33-35-37-39-43-47-51-55-59-63-74-68(73)62-58-54-50-46-41-14-12-10-8-6-4-2/h17,19,56,60,65-66,70-71H,3-16,18,20-55,57-59,61-64H2,1-2H3,(H,69,72)/b19-17-,60-56+. The van der Waals surface area contributed by atoms with Crippen molar-refractivity contribution in [1.82, 2.24) is 5.32 Å². The summed E-state index contributed by atoms with van der Waals surface area (Å²) in [5.74, 6) is -0.0442. The largest absolute Gasteiger partial charge is 0.466 e. The number of unbranched alkanes of at least 4 members (excludes halogenated alkanes) is 50. The molecule has 0 spiro atoms. The summed E-state index contributed by atoms with van der Waals surface area (Å²) in [6.45, 7) is 4.91. The van der Waals surface area contributed by atoms with Crippen LogP contribution in [0.5, 0.6) is 0 Å². The van der Waals surface area contributed by atoms with Gasteiger partial charge >= 0.3 is 5.97 Å². The molecule has 438 valence electrons. The Labute approximate surface area is 462 Å². The number of amides is 1. The average Bonchev–Trinajstić information content (AvgIpc) is 3.40. The summed E-state index contributed by atoms with van der Waals surface area (Å²) in [5, 5.41) is 23.0. The first kappa shape index (κ1) is 72.3. The van der Waals surface area contributed by atoms with E-state index in [0.29, 0.717) is 19.4 Å². The van der Waals surface area contributed by atoms with E-state index in [1.807, 2.05) is 6.08 Å². The molecule has 0 saturated carbocycles. The Bertz CT molecular complexity index is 1150. The van der Waals surface area contributed by atoms with Gasteiger partial charge < -0.3 is 20.3 Å². The first-order valence-electron chi connectivity index (χ1n) is 33.6. The highest BCUT2D eigenvalue weighted by Crippen LogP contribution is 2.18. The molecule has 1 amide bonds. The van der Waals surface area contributed by atoms with E-state index in [2.05, 4.69) is 31.3 Å². The smallest absolute Gasteiger partial charge is 0.305 e. The number of aliphatic hydroxyl groups excluding tert-OH is 2. The molecule has 0 rings (SSSR count). The summed E-state index contributed by atoms with van der Waals surface area (Å²) < 4.78 is 5.47. The van der Waals surface area contributed by atoms with Gasteiger partial charge in [-0.3, -0.25) is 9.59 Å². The van der Waals surface area contributed by atoms with Gasteiger partial charge in [0.2, 0.25) is 5.91 Å². The molecule has 0 aliphatic carbocycles. The van der Waals surface area contributed by atoms with Gasteiger partial charge in [0.05, 0.1) is 25.4 Å². The fourth-order valence-corrected chi connectivity index (χ4v) is 10.6. The van der Waals surface area contributed by atoms with Gasteiger partial charge in [0, 0.05) is 12.8 Å². The van der Waals surface area contributed by atoms with Gasteiger partial charge in [0.15, 0.2) is 0 Å². The number of esters is 1. The van der Waals surface area contributed by atoms with E-state index in [9.17, 15) is 19.8 Å². The molecule has 0 aromatic heterocycles. The Hall–Kier alpha value is -1.66. The molecule has 3 N–H and O–H groups in total. The lowest BCUT2D eigenvalue weighted by atomic mass is 10.0. The van der Waals surface area contributed by atoms with E-state index in [0.717, 1.165) is 38.5 Å². The lowest BCUT2D eigenvalue weighted by molar-refractivity contribution is -0.143. The van der Waals surface area contributed by atoms with E-state index in [1.54, 1.807) is 6.08 Å². The van der Waals surface area contributed by atoms with Gasteiger partial charge in [0.25, 0.3) is 0 Å². The van der Waals surface area contributed by atoms with Crippen LogP contribution in [0.1, 0.15) is 373 Å². The molecular formula is C68H131NO5. The molecule has 74 heavy (non-hydrogen) atoms. The second-order valence-electron chi connectivity index (χ2n) is 23.2. The molecule has 0 heterocycles. The second-order valence-corrected chi connectivity index (χ2v) is 23.2. The fourth-order valence-electron chi connectivity index (χ4n) is 10.6. The summed E-state index contributed by atoms with van der Waals surface area (Å²) in [5.41, 5.74) is 0. The topological polar surface area (TPSA) is 95.9 Å². The Balaban J connectivity index is 3.33. The van der Waals surface area contributed by atoms with Gasteiger partial charge in [-0.05, 0) is 57.8 Å². The van der Waals surface area contributed by atoms with Crippen molar-refractivity contribution >= 4 is 11.9 Å². The van der Waals surface area contributed by atoms with Crippen molar-refractivity contribution in [3.8, 4) is 0 Å². The monoisotopic (exact) mass is 1040 g/mol. The summed E-state index contributed by atoms with van der Waals surface area (Å²) in [6, 6.07) is -0.623. The minimum Gasteiger partial charge on any atom is -0.466 e. The highest BCUT2D eigenvalue weighted by atomic mass is 16.5. The van der Waals surface area contributed by atoms with Gasteiger partial charge in [0.1, 0.15) is 0 Å². The predicted octanol–water partition coefficient (Wildman–Crippen LogP) is 21.4. The van der Waals surface area contributed by atoms with Crippen LogP contribution in [0.25, 0.3) is 0 Å². The number of hydrogen-bond donors (Lipinski definition) is 3. The van der Waals surface area contributed by atoms with Crippen LogP contribution in [0.2, 0.25) is 0 Å². The molecule has 2 atom stereocenters. The third-order valence-electron chi connectivity index (χ3n) is 15.7. The minimum absolute atomic E-state index is 0.0199. The van der Waals surface area contributed by atoms with Crippen LogP contribution < -0.4 is 5.32 Å². The maximum atomic E-state index is 12.4. The van der Waals surface area contributed by atoms with E-state index >= 15 is 0 Å². The van der Waals surface area contributed by atoms with E-state index < -0.39 is 12.1 Å². The van der Waals surface area contributed by atoms with Gasteiger partial charge in [-0.2, -0.15) is 0 Å². The van der Waals surface area contributed by atoms with Gasteiger partial charge in [-0.15, -0.1) is 0 Å². The molecule has 0 fully saturated rings.